The summed E-state index contributed by atoms with van der Waals surface area (Å²) in [5.74, 6) is 0.00856. The first-order valence-corrected chi connectivity index (χ1v) is 10.7. The molecule has 1 atom stereocenters. The Balaban J connectivity index is 1.61. The Kier molecular flexibility index (Phi) is 5.39. The van der Waals surface area contributed by atoms with Crippen molar-refractivity contribution in [3.8, 4) is 11.1 Å². The van der Waals surface area contributed by atoms with Crippen LogP contribution in [-0.4, -0.2) is 25.1 Å². The summed E-state index contributed by atoms with van der Waals surface area (Å²) in [5, 5.41) is 11.9. The molecule has 0 aliphatic rings. The molecule has 0 spiro atoms. The quantitative estimate of drug-likeness (QED) is 0.314. The van der Waals surface area contributed by atoms with Crippen LogP contribution in [0.5, 0.6) is 0 Å². The molecule has 0 saturated carbocycles. The van der Waals surface area contributed by atoms with Crippen molar-refractivity contribution >= 4 is 27.8 Å². The van der Waals surface area contributed by atoms with Gasteiger partial charge in [-0.05, 0) is 44.0 Å². The standard InChI is InChI=1S/C25H21F3N6/c1-12-7-8-20-19(11-30-34-20)21(12)15-9-18-24(29-10-15)32-14(3)33-25(18)31-13(2)16-5-4-6-17(22(16)26)23(27)28/h4-11,13,23H,1-3H3,(H,30,34)(H,29,31,32,33)/t13-/m1/s1. The molecule has 2 N–H and O–H groups in total. The molecule has 6 nitrogen and oxygen atoms in total. The summed E-state index contributed by atoms with van der Waals surface area (Å²) < 4.78 is 41.1. The summed E-state index contributed by atoms with van der Waals surface area (Å²) in [5.41, 5.74) is 3.78. The highest BCUT2D eigenvalue weighted by molar-refractivity contribution is 5.99. The number of benzene rings is 2. The van der Waals surface area contributed by atoms with Gasteiger partial charge in [0.2, 0.25) is 0 Å². The van der Waals surface area contributed by atoms with Crippen molar-refractivity contribution in [3.63, 3.8) is 0 Å². The van der Waals surface area contributed by atoms with Crippen LogP contribution in [0.2, 0.25) is 0 Å². The maximum absolute atomic E-state index is 14.7. The number of halogens is 3. The molecule has 5 aromatic rings. The number of nitrogens with zero attached hydrogens (tertiary/aromatic N) is 4. The summed E-state index contributed by atoms with van der Waals surface area (Å²) in [4.78, 5) is 13.5. The molecule has 5 rings (SSSR count). The minimum Gasteiger partial charge on any atom is -0.363 e. The summed E-state index contributed by atoms with van der Waals surface area (Å²) >= 11 is 0. The van der Waals surface area contributed by atoms with Gasteiger partial charge in [0.1, 0.15) is 17.5 Å². The van der Waals surface area contributed by atoms with E-state index in [-0.39, 0.29) is 5.56 Å². The van der Waals surface area contributed by atoms with E-state index in [1.54, 1.807) is 26.2 Å². The predicted molar refractivity (Wildman–Crippen MR) is 125 cm³/mol. The molecular formula is C25H21F3N6. The van der Waals surface area contributed by atoms with Crippen LogP contribution >= 0.6 is 0 Å². The number of fused-ring (bicyclic) bond motifs is 2. The minimum absolute atomic E-state index is 0.130. The lowest BCUT2D eigenvalue weighted by Crippen LogP contribution is -2.12. The van der Waals surface area contributed by atoms with Crippen LogP contribution in [0.1, 0.15) is 41.9 Å². The molecule has 0 aliphatic carbocycles. The number of aromatic amines is 1. The molecule has 34 heavy (non-hydrogen) atoms. The Morgan fingerprint density at radius 1 is 0.971 bits per heavy atom. The molecule has 0 aliphatic heterocycles. The number of aryl methyl sites for hydroxylation is 2. The number of hydrogen-bond acceptors (Lipinski definition) is 5. The second kappa shape index (κ2) is 8.40. The lowest BCUT2D eigenvalue weighted by Gasteiger charge is -2.19. The summed E-state index contributed by atoms with van der Waals surface area (Å²) in [6.45, 7) is 5.45. The Morgan fingerprint density at radius 2 is 1.76 bits per heavy atom. The van der Waals surface area contributed by atoms with E-state index in [0.717, 1.165) is 33.7 Å². The van der Waals surface area contributed by atoms with Crippen molar-refractivity contribution in [1.82, 2.24) is 25.1 Å². The van der Waals surface area contributed by atoms with Gasteiger partial charge in [0.25, 0.3) is 6.43 Å². The number of alkyl halides is 2. The van der Waals surface area contributed by atoms with E-state index in [4.69, 9.17) is 0 Å². The third-order valence-corrected chi connectivity index (χ3v) is 5.90. The lowest BCUT2D eigenvalue weighted by molar-refractivity contribution is 0.146. The average Bonchev–Trinajstić information content (AvgIpc) is 3.27. The topological polar surface area (TPSA) is 79.4 Å². The molecule has 0 amide bonds. The van der Waals surface area contributed by atoms with E-state index >= 15 is 0 Å². The van der Waals surface area contributed by atoms with Gasteiger partial charge in [0, 0.05) is 22.7 Å². The number of H-pyrrole nitrogens is 1. The monoisotopic (exact) mass is 462 g/mol. The van der Waals surface area contributed by atoms with E-state index in [1.807, 2.05) is 25.1 Å². The van der Waals surface area contributed by atoms with Gasteiger partial charge < -0.3 is 5.32 Å². The Bertz CT molecular complexity index is 1530. The second-order valence-corrected chi connectivity index (χ2v) is 8.22. The Morgan fingerprint density at radius 3 is 2.56 bits per heavy atom. The summed E-state index contributed by atoms with van der Waals surface area (Å²) in [6, 6.07) is 9.29. The molecule has 0 radical (unpaired) electrons. The van der Waals surface area contributed by atoms with Crippen LogP contribution in [0, 0.1) is 19.7 Å². The van der Waals surface area contributed by atoms with Crippen LogP contribution in [0.15, 0.2) is 48.8 Å². The van der Waals surface area contributed by atoms with E-state index in [0.29, 0.717) is 22.7 Å². The molecular weight excluding hydrogens is 441 g/mol. The van der Waals surface area contributed by atoms with Gasteiger partial charge in [-0.2, -0.15) is 5.10 Å². The molecule has 0 fully saturated rings. The maximum Gasteiger partial charge on any atom is 0.266 e. The minimum atomic E-state index is -2.89. The SMILES string of the molecule is Cc1nc(N[C@H](C)c2cccc(C(F)F)c2F)c2cc(-c3c(C)ccc4[nH]ncc34)cnc2n1. The Hall–Kier alpha value is -4.01. The van der Waals surface area contributed by atoms with Crippen LogP contribution in [0.3, 0.4) is 0 Å². The highest BCUT2D eigenvalue weighted by atomic mass is 19.3. The van der Waals surface area contributed by atoms with Crippen LogP contribution in [-0.2, 0) is 0 Å². The van der Waals surface area contributed by atoms with Crippen molar-refractivity contribution in [2.24, 2.45) is 0 Å². The maximum atomic E-state index is 14.7. The van der Waals surface area contributed by atoms with Crippen molar-refractivity contribution < 1.29 is 13.2 Å². The largest absolute Gasteiger partial charge is 0.363 e. The molecule has 3 aromatic heterocycles. The molecule has 0 saturated heterocycles. The van der Waals surface area contributed by atoms with Gasteiger partial charge in [-0.15, -0.1) is 0 Å². The molecule has 172 valence electrons. The van der Waals surface area contributed by atoms with Crippen molar-refractivity contribution in [1.29, 1.82) is 0 Å². The number of hydrogen-bond donors (Lipinski definition) is 2. The van der Waals surface area contributed by atoms with Gasteiger partial charge in [0.05, 0.1) is 28.7 Å². The van der Waals surface area contributed by atoms with E-state index in [2.05, 4.69) is 30.5 Å². The van der Waals surface area contributed by atoms with E-state index in [1.165, 1.54) is 12.1 Å². The molecule has 0 unspecified atom stereocenters. The first-order chi connectivity index (χ1) is 16.3. The zero-order valence-electron chi connectivity index (χ0n) is 18.7. The third kappa shape index (κ3) is 3.72. The Labute approximate surface area is 193 Å². The van der Waals surface area contributed by atoms with Crippen molar-refractivity contribution in [2.75, 3.05) is 5.32 Å². The zero-order valence-corrected chi connectivity index (χ0v) is 18.7. The fourth-order valence-electron chi connectivity index (χ4n) is 4.23. The number of aromatic nitrogens is 5. The van der Waals surface area contributed by atoms with Gasteiger partial charge in [-0.3, -0.25) is 5.10 Å². The summed E-state index contributed by atoms with van der Waals surface area (Å²) in [6.07, 6.45) is 0.630. The predicted octanol–water partition coefficient (Wildman–Crippen LogP) is 6.43. The first kappa shape index (κ1) is 21.8. The summed E-state index contributed by atoms with van der Waals surface area (Å²) in [7, 11) is 0. The average molecular weight is 462 g/mol. The van der Waals surface area contributed by atoms with Crippen molar-refractivity contribution in [2.45, 2.75) is 33.2 Å². The van der Waals surface area contributed by atoms with Crippen LogP contribution in [0.4, 0.5) is 19.0 Å². The van der Waals surface area contributed by atoms with E-state index < -0.39 is 23.8 Å². The third-order valence-electron chi connectivity index (χ3n) is 5.90. The number of pyridine rings is 1. The fraction of sp³-hybridized carbons (Fsp3) is 0.200. The molecule has 2 aromatic carbocycles. The highest BCUT2D eigenvalue weighted by Crippen LogP contribution is 2.34. The van der Waals surface area contributed by atoms with E-state index in [9.17, 15) is 13.2 Å². The zero-order chi connectivity index (χ0) is 24.0. The molecule has 3 heterocycles. The van der Waals surface area contributed by atoms with Gasteiger partial charge in [0.15, 0.2) is 5.65 Å². The van der Waals surface area contributed by atoms with Crippen LogP contribution in [0.25, 0.3) is 33.1 Å². The van der Waals surface area contributed by atoms with Gasteiger partial charge in [-0.1, -0.05) is 24.3 Å². The number of anilines is 1. The van der Waals surface area contributed by atoms with Crippen LogP contribution < -0.4 is 5.32 Å². The lowest BCUT2D eigenvalue weighted by atomic mass is 9.97. The highest BCUT2D eigenvalue weighted by Gasteiger charge is 2.21. The smallest absolute Gasteiger partial charge is 0.266 e. The first-order valence-electron chi connectivity index (χ1n) is 10.7. The number of nitrogens with one attached hydrogen (secondary N) is 2. The second-order valence-electron chi connectivity index (χ2n) is 8.22. The van der Waals surface area contributed by atoms with Crippen molar-refractivity contribution in [3.05, 3.63) is 77.1 Å². The fourth-order valence-corrected chi connectivity index (χ4v) is 4.23. The normalized spacial score (nSPS) is 12.6. The molecule has 0 bridgehead atoms. The molecule has 9 heteroatoms. The van der Waals surface area contributed by atoms with Gasteiger partial charge >= 0.3 is 0 Å². The number of rotatable bonds is 5. The van der Waals surface area contributed by atoms with Gasteiger partial charge in [-0.25, -0.2) is 28.1 Å².